The lowest BCUT2D eigenvalue weighted by molar-refractivity contribution is -0.286. The van der Waals surface area contributed by atoms with Gasteiger partial charge in [0.25, 0.3) is 0 Å². The summed E-state index contributed by atoms with van der Waals surface area (Å²) in [7, 11) is 0. The third-order valence-electron chi connectivity index (χ3n) is 1.73. The van der Waals surface area contributed by atoms with Crippen LogP contribution in [0.15, 0.2) is 18.2 Å². The minimum atomic E-state index is -3.56. The van der Waals surface area contributed by atoms with Crippen molar-refractivity contribution in [2.75, 3.05) is 0 Å². The van der Waals surface area contributed by atoms with Crippen LogP contribution in [0.2, 0.25) is 0 Å². The van der Waals surface area contributed by atoms with Gasteiger partial charge in [0.15, 0.2) is 11.5 Å². The van der Waals surface area contributed by atoms with Gasteiger partial charge >= 0.3 is 6.29 Å². The maximum atomic E-state index is 12.6. The molecule has 14 heavy (non-hydrogen) atoms. The van der Waals surface area contributed by atoms with E-state index in [1.165, 1.54) is 6.07 Å². The van der Waals surface area contributed by atoms with Crippen molar-refractivity contribution < 1.29 is 18.3 Å². The molecule has 3 nitrogen and oxygen atoms in total. The minimum absolute atomic E-state index is 0. The molecule has 0 bridgehead atoms. The Kier molecular flexibility index (Phi) is 2.82. The molecule has 2 rings (SSSR count). The van der Waals surface area contributed by atoms with Gasteiger partial charge in [-0.2, -0.15) is 0 Å². The van der Waals surface area contributed by atoms with Crippen molar-refractivity contribution in [1.29, 1.82) is 0 Å². The Morgan fingerprint density at radius 3 is 2.64 bits per heavy atom. The van der Waals surface area contributed by atoms with Crippen LogP contribution in [-0.4, -0.2) is 6.29 Å². The number of halogens is 3. The molecule has 1 heterocycles. The second-order valence-electron chi connectivity index (χ2n) is 2.62. The number of ether oxygens (including phenoxy) is 2. The first-order valence-electron chi connectivity index (χ1n) is 3.70. The SMILES string of the molecule is Cl.NCc1cccc2c1OC(F)(F)O2. The van der Waals surface area contributed by atoms with Crippen LogP contribution in [0.25, 0.3) is 0 Å². The number of benzene rings is 1. The molecule has 1 aliphatic rings. The van der Waals surface area contributed by atoms with Gasteiger partial charge in [-0.15, -0.1) is 21.2 Å². The third-order valence-corrected chi connectivity index (χ3v) is 1.73. The van der Waals surface area contributed by atoms with E-state index in [0.717, 1.165) is 0 Å². The lowest BCUT2D eigenvalue weighted by atomic mass is 10.2. The quantitative estimate of drug-likeness (QED) is 0.791. The van der Waals surface area contributed by atoms with Crippen molar-refractivity contribution in [2.24, 2.45) is 5.73 Å². The summed E-state index contributed by atoms with van der Waals surface area (Å²) in [6.07, 6.45) is -3.56. The molecule has 0 radical (unpaired) electrons. The van der Waals surface area contributed by atoms with Crippen molar-refractivity contribution in [3.63, 3.8) is 0 Å². The van der Waals surface area contributed by atoms with E-state index in [0.29, 0.717) is 5.56 Å². The van der Waals surface area contributed by atoms with Crippen LogP contribution in [0.1, 0.15) is 5.56 Å². The molecule has 0 aliphatic carbocycles. The van der Waals surface area contributed by atoms with E-state index >= 15 is 0 Å². The highest BCUT2D eigenvalue weighted by Crippen LogP contribution is 2.42. The van der Waals surface area contributed by atoms with Crippen LogP contribution in [0.5, 0.6) is 11.5 Å². The van der Waals surface area contributed by atoms with Gasteiger partial charge in [-0.3, -0.25) is 0 Å². The van der Waals surface area contributed by atoms with Gasteiger partial charge in [0.05, 0.1) is 0 Å². The molecule has 1 aromatic carbocycles. The number of hydrogen-bond donors (Lipinski definition) is 1. The predicted molar refractivity (Wildman–Crippen MR) is 47.8 cm³/mol. The third kappa shape index (κ3) is 1.73. The second-order valence-corrected chi connectivity index (χ2v) is 2.62. The summed E-state index contributed by atoms with van der Waals surface area (Å²) in [6.45, 7) is 0.141. The summed E-state index contributed by atoms with van der Waals surface area (Å²) < 4.78 is 33.6. The fraction of sp³-hybridized carbons (Fsp3) is 0.250. The van der Waals surface area contributed by atoms with E-state index in [4.69, 9.17) is 5.73 Å². The fourth-order valence-corrected chi connectivity index (χ4v) is 1.19. The zero-order chi connectivity index (χ0) is 9.47. The van der Waals surface area contributed by atoms with E-state index in [-0.39, 0.29) is 30.5 Å². The molecule has 1 aromatic rings. The molecule has 0 aromatic heterocycles. The Labute approximate surface area is 85.2 Å². The molecular weight excluding hydrogens is 216 g/mol. The molecule has 1 aliphatic heterocycles. The van der Waals surface area contributed by atoms with Gasteiger partial charge in [0.2, 0.25) is 0 Å². The zero-order valence-corrected chi connectivity index (χ0v) is 7.81. The first-order chi connectivity index (χ1) is 6.12. The van der Waals surface area contributed by atoms with Gasteiger partial charge in [-0.1, -0.05) is 12.1 Å². The van der Waals surface area contributed by atoms with E-state index in [1.54, 1.807) is 12.1 Å². The van der Waals surface area contributed by atoms with Gasteiger partial charge in [-0.25, -0.2) is 0 Å². The Morgan fingerprint density at radius 1 is 1.29 bits per heavy atom. The summed E-state index contributed by atoms with van der Waals surface area (Å²) in [5, 5.41) is 0. The molecular formula is C8H8ClF2NO2. The minimum Gasteiger partial charge on any atom is -0.395 e. The molecule has 0 saturated heterocycles. The van der Waals surface area contributed by atoms with Gasteiger partial charge < -0.3 is 15.2 Å². The van der Waals surface area contributed by atoms with Crippen LogP contribution in [0.4, 0.5) is 8.78 Å². The highest BCUT2D eigenvalue weighted by molar-refractivity contribution is 5.85. The van der Waals surface area contributed by atoms with Crippen LogP contribution in [0, 0.1) is 0 Å². The molecule has 0 unspecified atom stereocenters. The highest BCUT2D eigenvalue weighted by atomic mass is 35.5. The average Bonchev–Trinajstić information content (AvgIpc) is 2.37. The van der Waals surface area contributed by atoms with E-state index in [1.807, 2.05) is 0 Å². The number of alkyl halides is 2. The molecule has 0 saturated carbocycles. The van der Waals surface area contributed by atoms with Crippen molar-refractivity contribution in [3.8, 4) is 11.5 Å². The van der Waals surface area contributed by atoms with Crippen LogP contribution in [0.3, 0.4) is 0 Å². The highest BCUT2D eigenvalue weighted by Gasteiger charge is 2.44. The number of hydrogen-bond acceptors (Lipinski definition) is 3. The number of fused-ring (bicyclic) bond motifs is 1. The molecule has 0 fully saturated rings. The van der Waals surface area contributed by atoms with Crippen molar-refractivity contribution in [1.82, 2.24) is 0 Å². The molecule has 0 spiro atoms. The first-order valence-corrected chi connectivity index (χ1v) is 3.70. The topological polar surface area (TPSA) is 44.5 Å². The van der Waals surface area contributed by atoms with Crippen molar-refractivity contribution in [3.05, 3.63) is 23.8 Å². The first kappa shape index (κ1) is 11.0. The van der Waals surface area contributed by atoms with Gasteiger partial charge in [-0.05, 0) is 6.07 Å². The van der Waals surface area contributed by atoms with Gasteiger partial charge in [0, 0.05) is 12.1 Å². The Bertz CT molecular complexity index is 346. The normalized spacial score (nSPS) is 16.2. The summed E-state index contributed by atoms with van der Waals surface area (Å²) >= 11 is 0. The van der Waals surface area contributed by atoms with Crippen LogP contribution in [-0.2, 0) is 6.54 Å². The number of para-hydroxylation sites is 1. The number of rotatable bonds is 1. The van der Waals surface area contributed by atoms with Crippen LogP contribution >= 0.6 is 12.4 Å². The second kappa shape index (κ2) is 3.59. The fourth-order valence-electron chi connectivity index (χ4n) is 1.19. The summed E-state index contributed by atoms with van der Waals surface area (Å²) in [5.41, 5.74) is 5.84. The number of nitrogens with two attached hydrogens (primary N) is 1. The summed E-state index contributed by atoms with van der Waals surface area (Å²) in [6, 6.07) is 4.62. The maximum absolute atomic E-state index is 12.6. The maximum Gasteiger partial charge on any atom is 0.586 e. The monoisotopic (exact) mass is 223 g/mol. The zero-order valence-electron chi connectivity index (χ0n) is 7.00. The Hall–Kier alpha value is -1.07. The Balaban J connectivity index is 0.000000980. The molecule has 0 amide bonds. The van der Waals surface area contributed by atoms with Crippen LogP contribution < -0.4 is 15.2 Å². The van der Waals surface area contributed by atoms with E-state index in [9.17, 15) is 8.78 Å². The Morgan fingerprint density at radius 2 is 2.00 bits per heavy atom. The molecule has 2 N–H and O–H groups in total. The largest absolute Gasteiger partial charge is 0.586 e. The van der Waals surface area contributed by atoms with E-state index in [2.05, 4.69) is 9.47 Å². The average molecular weight is 224 g/mol. The standard InChI is InChI=1S/C8H7F2NO2.ClH/c9-8(10)12-6-3-1-2-5(4-11)7(6)13-8;/h1-3H,4,11H2;1H. The summed E-state index contributed by atoms with van der Waals surface area (Å²) in [4.78, 5) is 0. The molecule has 6 heteroatoms. The van der Waals surface area contributed by atoms with Gasteiger partial charge in [0.1, 0.15) is 0 Å². The summed E-state index contributed by atoms with van der Waals surface area (Å²) in [5.74, 6) is 0.0722. The molecule has 0 atom stereocenters. The molecule has 78 valence electrons. The smallest absolute Gasteiger partial charge is 0.395 e. The lowest BCUT2D eigenvalue weighted by Gasteiger charge is -2.05. The van der Waals surface area contributed by atoms with Crippen molar-refractivity contribution >= 4 is 12.4 Å². The predicted octanol–water partition coefficient (Wildman–Crippen LogP) is 1.89. The van der Waals surface area contributed by atoms with Crippen molar-refractivity contribution in [2.45, 2.75) is 12.8 Å². The van der Waals surface area contributed by atoms with E-state index < -0.39 is 6.29 Å². The lowest BCUT2D eigenvalue weighted by Crippen LogP contribution is -2.26.